The predicted octanol–water partition coefficient (Wildman–Crippen LogP) is 2.28. The van der Waals surface area contributed by atoms with Crippen molar-refractivity contribution in [2.24, 2.45) is 0 Å². The van der Waals surface area contributed by atoms with E-state index < -0.39 is 5.97 Å². The molecule has 0 aliphatic heterocycles. The molecule has 0 bridgehead atoms. The highest BCUT2D eigenvalue weighted by Gasteiger charge is 2.16. The number of rotatable bonds is 3. The number of carboxylic acid groups (broad SMARTS) is 1. The van der Waals surface area contributed by atoms with Crippen LogP contribution in [0, 0.1) is 6.92 Å². The lowest BCUT2D eigenvalue weighted by Gasteiger charge is -2.04. The Morgan fingerprint density at radius 1 is 1.25 bits per heavy atom. The summed E-state index contributed by atoms with van der Waals surface area (Å²) in [7, 11) is 0. The molecule has 0 atom stereocenters. The zero-order valence-corrected chi connectivity index (χ0v) is 11.3. The van der Waals surface area contributed by atoms with Gasteiger partial charge in [0.15, 0.2) is 5.65 Å². The van der Waals surface area contributed by atoms with Gasteiger partial charge in [0.25, 0.3) is 0 Å². The Kier molecular flexibility index (Phi) is 3.11. The van der Waals surface area contributed by atoms with Crippen molar-refractivity contribution >= 4 is 23.4 Å². The van der Waals surface area contributed by atoms with Crippen LogP contribution in [-0.2, 0) is 0 Å². The van der Waals surface area contributed by atoms with Crippen molar-refractivity contribution in [2.75, 3.05) is 0 Å². The van der Waals surface area contributed by atoms with Crippen molar-refractivity contribution in [3.63, 3.8) is 0 Å². The molecule has 7 heteroatoms. The number of carbonyl (C=O) groups is 1. The molecule has 1 N–H and O–H groups in total. The highest BCUT2D eigenvalue weighted by molar-refractivity contribution is 7.99. The van der Waals surface area contributed by atoms with Crippen molar-refractivity contribution in [1.29, 1.82) is 0 Å². The first-order valence-corrected chi connectivity index (χ1v) is 6.65. The molecule has 0 saturated carbocycles. The lowest BCUT2D eigenvalue weighted by Crippen LogP contribution is -2.02. The summed E-state index contributed by atoms with van der Waals surface area (Å²) in [4.78, 5) is 15.5. The van der Waals surface area contributed by atoms with Gasteiger partial charge >= 0.3 is 5.97 Å². The summed E-state index contributed by atoms with van der Waals surface area (Å²) in [5.41, 5.74) is 1.62. The highest BCUT2D eigenvalue weighted by atomic mass is 32.2. The molecule has 0 aliphatic carbocycles. The molecular formula is C13H10N4O2S. The summed E-state index contributed by atoms with van der Waals surface area (Å²) in [5.74, 6) is -1.01. The minimum atomic E-state index is -1.01. The second-order valence-electron chi connectivity index (χ2n) is 4.12. The monoisotopic (exact) mass is 286 g/mol. The topological polar surface area (TPSA) is 80.4 Å². The minimum Gasteiger partial charge on any atom is -0.478 e. The van der Waals surface area contributed by atoms with Crippen LogP contribution in [0.1, 0.15) is 16.1 Å². The summed E-state index contributed by atoms with van der Waals surface area (Å²) in [6.07, 6.45) is 1.83. The summed E-state index contributed by atoms with van der Waals surface area (Å²) in [6.45, 7) is 1.82. The molecule has 0 radical (unpaired) electrons. The van der Waals surface area contributed by atoms with Gasteiger partial charge in [0.2, 0.25) is 5.16 Å². The third-order valence-electron chi connectivity index (χ3n) is 2.70. The molecular weight excluding hydrogens is 276 g/mol. The Labute approximate surface area is 118 Å². The molecule has 3 heterocycles. The Bertz CT molecular complexity index is 800. The van der Waals surface area contributed by atoms with E-state index in [1.54, 1.807) is 16.5 Å². The fraction of sp³-hybridized carbons (Fsp3) is 0.0769. The fourth-order valence-corrected chi connectivity index (χ4v) is 2.71. The van der Waals surface area contributed by atoms with Gasteiger partial charge in [0.1, 0.15) is 5.03 Å². The number of hydrogen-bond acceptors (Lipinski definition) is 5. The van der Waals surface area contributed by atoms with E-state index in [1.807, 2.05) is 31.3 Å². The number of aryl methyl sites for hydroxylation is 1. The maximum atomic E-state index is 11.2. The normalized spacial score (nSPS) is 10.8. The standard InChI is InChI=1S/C13H10N4O2S/c1-8-5-6-9(12(18)19)11(14-8)20-13-16-15-10-4-2-3-7-17(10)13/h2-7H,1H3,(H,18,19). The van der Waals surface area contributed by atoms with Crippen LogP contribution in [0.2, 0.25) is 0 Å². The zero-order chi connectivity index (χ0) is 14.1. The van der Waals surface area contributed by atoms with E-state index in [2.05, 4.69) is 15.2 Å². The molecule has 3 rings (SSSR count). The number of aromatic carboxylic acids is 1. The second kappa shape index (κ2) is 4.93. The quantitative estimate of drug-likeness (QED) is 0.795. The fourth-order valence-electron chi connectivity index (χ4n) is 1.75. The lowest BCUT2D eigenvalue weighted by atomic mass is 10.2. The molecule has 3 aromatic rings. The third-order valence-corrected chi connectivity index (χ3v) is 3.67. The molecule has 0 saturated heterocycles. The van der Waals surface area contributed by atoms with Crippen LogP contribution in [0.25, 0.3) is 5.65 Å². The number of nitrogens with zero attached hydrogens (tertiary/aromatic N) is 4. The van der Waals surface area contributed by atoms with Crippen LogP contribution in [0.5, 0.6) is 0 Å². The van der Waals surface area contributed by atoms with E-state index in [0.717, 1.165) is 5.69 Å². The smallest absolute Gasteiger partial charge is 0.338 e. The van der Waals surface area contributed by atoms with Gasteiger partial charge in [0.05, 0.1) is 5.56 Å². The number of carboxylic acids is 1. The van der Waals surface area contributed by atoms with Crippen LogP contribution in [0.15, 0.2) is 46.7 Å². The van der Waals surface area contributed by atoms with E-state index in [0.29, 0.717) is 15.8 Å². The van der Waals surface area contributed by atoms with Gasteiger partial charge in [0, 0.05) is 11.9 Å². The summed E-state index contributed by atoms with van der Waals surface area (Å²) in [6, 6.07) is 8.79. The molecule has 3 aromatic heterocycles. The number of aromatic nitrogens is 4. The number of fused-ring (bicyclic) bond motifs is 1. The largest absolute Gasteiger partial charge is 0.478 e. The van der Waals surface area contributed by atoms with Crippen LogP contribution in [-0.4, -0.2) is 30.7 Å². The first kappa shape index (κ1) is 12.6. The number of pyridine rings is 2. The highest BCUT2D eigenvalue weighted by Crippen LogP contribution is 2.28. The Hall–Kier alpha value is -2.41. The average Bonchev–Trinajstić information content (AvgIpc) is 2.82. The van der Waals surface area contributed by atoms with Crippen LogP contribution in [0.3, 0.4) is 0 Å². The first-order chi connectivity index (χ1) is 9.65. The van der Waals surface area contributed by atoms with Gasteiger partial charge in [-0.2, -0.15) is 0 Å². The van der Waals surface area contributed by atoms with Crippen molar-refractivity contribution in [2.45, 2.75) is 17.1 Å². The minimum absolute atomic E-state index is 0.160. The maximum Gasteiger partial charge on any atom is 0.338 e. The van der Waals surface area contributed by atoms with Gasteiger partial charge in [-0.15, -0.1) is 10.2 Å². The van der Waals surface area contributed by atoms with Crippen molar-refractivity contribution < 1.29 is 9.90 Å². The average molecular weight is 286 g/mol. The molecule has 0 unspecified atom stereocenters. The molecule has 20 heavy (non-hydrogen) atoms. The SMILES string of the molecule is Cc1ccc(C(=O)O)c(Sc2nnc3ccccn23)n1. The molecule has 0 amide bonds. The Balaban J connectivity index is 2.07. The van der Waals surface area contributed by atoms with E-state index in [4.69, 9.17) is 0 Å². The van der Waals surface area contributed by atoms with E-state index in [-0.39, 0.29) is 5.56 Å². The predicted molar refractivity (Wildman–Crippen MR) is 73.0 cm³/mol. The lowest BCUT2D eigenvalue weighted by molar-refractivity contribution is 0.0692. The molecule has 100 valence electrons. The second-order valence-corrected chi connectivity index (χ2v) is 5.08. The van der Waals surface area contributed by atoms with E-state index >= 15 is 0 Å². The van der Waals surface area contributed by atoms with Crippen LogP contribution >= 0.6 is 11.8 Å². The van der Waals surface area contributed by atoms with Gasteiger partial charge in [-0.1, -0.05) is 6.07 Å². The molecule has 0 fully saturated rings. The van der Waals surface area contributed by atoms with Gasteiger partial charge in [-0.3, -0.25) is 4.40 Å². The van der Waals surface area contributed by atoms with Gasteiger partial charge in [-0.25, -0.2) is 9.78 Å². The third kappa shape index (κ3) is 2.23. The summed E-state index contributed by atoms with van der Waals surface area (Å²) < 4.78 is 1.79. The molecule has 0 aliphatic rings. The summed E-state index contributed by atoms with van der Waals surface area (Å²) >= 11 is 1.19. The molecule has 6 nitrogen and oxygen atoms in total. The van der Waals surface area contributed by atoms with Gasteiger partial charge < -0.3 is 5.11 Å². The molecule has 0 spiro atoms. The first-order valence-electron chi connectivity index (χ1n) is 5.84. The van der Waals surface area contributed by atoms with Gasteiger partial charge in [-0.05, 0) is 43.0 Å². The van der Waals surface area contributed by atoms with Crippen LogP contribution < -0.4 is 0 Å². The Morgan fingerprint density at radius 3 is 2.90 bits per heavy atom. The van der Waals surface area contributed by atoms with E-state index in [9.17, 15) is 9.90 Å². The van der Waals surface area contributed by atoms with Crippen molar-refractivity contribution in [3.8, 4) is 0 Å². The maximum absolute atomic E-state index is 11.2. The zero-order valence-electron chi connectivity index (χ0n) is 10.5. The van der Waals surface area contributed by atoms with Crippen molar-refractivity contribution in [1.82, 2.24) is 19.6 Å². The summed E-state index contributed by atoms with van der Waals surface area (Å²) in [5, 5.41) is 18.3. The Morgan fingerprint density at radius 2 is 2.10 bits per heavy atom. The van der Waals surface area contributed by atoms with Crippen molar-refractivity contribution in [3.05, 3.63) is 47.8 Å². The van der Waals surface area contributed by atoms with E-state index in [1.165, 1.54) is 11.8 Å². The molecule has 0 aromatic carbocycles. The number of hydrogen-bond donors (Lipinski definition) is 1. The van der Waals surface area contributed by atoms with Crippen LogP contribution in [0.4, 0.5) is 0 Å².